The average molecular weight is 342 g/mol. The molecule has 1 heterocycles. The second-order valence-corrected chi connectivity index (χ2v) is 6.27. The predicted molar refractivity (Wildman–Crippen MR) is 96.9 cm³/mol. The summed E-state index contributed by atoms with van der Waals surface area (Å²) in [7, 11) is 0. The number of rotatable bonds is 6. The van der Waals surface area contributed by atoms with Gasteiger partial charge < -0.3 is 10.4 Å². The van der Waals surface area contributed by atoms with Gasteiger partial charge in [0.25, 0.3) is 0 Å². The molecule has 1 atom stereocenters. The SMILES string of the molecule is Cc1ccc(-c2[nH]ncc2CNCC(O)c2ccc(Cl)cc2)cc1. The summed E-state index contributed by atoms with van der Waals surface area (Å²) in [6.45, 7) is 3.15. The highest BCUT2D eigenvalue weighted by Crippen LogP contribution is 2.21. The molecule has 1 aromatic heterocycles. The number of aromatic nitrogens is 2. The maximum absolute atomic E-state index is 10.2. The smallest absolute Gasteiger partial charge is 0.0914 e. The standard InChI is InChI=1S/C19H20ClN3O/c1-13-2-4-15(5-3-13)19-16(11-22-23-19)10-21-12-18(24)14-6-8-17(20)9-7-14/h2-9,11,18,21,24H,10,12H2,1H3,(H,22,23). The largest absolute Gasteiger partial charge is 0.387 e. The van der Waals surface area contributed by atoms with Crippen LogP contribution >= 0.6 is 11.6 Å². The van der Waals surface area contributed by atoms with Gasteiger partial charge in [-0.15, -0.1) is 0 Å². The van der Waals surface area contributed by atoms with Crippen molar-refractivity contribution in [2.75, 3.05) is 6.54 Å². The molecule has 5 heteroatoms. The van der Waals surface area contributed by atoms with Crippen molar-refractivity contribution >= 4 is 11.6 Å². The molecule has 0 saturated heterocycles. The quantitative estimate of drug-likeness (QED) is 0.638. The first-order valence-corrected chi connectivity index (χ1v) is 8.25. The van der Waals surface area contributed by atoms with E-state index in [9.17, 15) is 5.11 Å². The number of hydrogen-bond acceptors (Lipinski definition) is 3. The number of nitrogens with zero attached hydrogens (tertiary/aromatic N) is 1. The Bertz CT molecular complexity index is 781. The van der Waals surface area contributed by atoms with Gasteiger partial charge >= 0.3 is 0 Å². The van der Waals surface area contributed by atoms with E-state index in [0.717, 1.165) is 22.4 Å². The van der Waals surface area contributed by atoms with E-state index in [1.165, 1.54) is 5.56 Å². The summed E-state index contributed by atoms with van der Waals surface area (Å²) in [5.41, 5.74) is 5.25. The van der Waals surface area contributed by atoms with Gasteiger partial charge in [-0.05, 0) is 30.2 Å². The summed E-state index contributed by atoms with van der Waals surface area (Å²) in [6.07, 6.45) is 1.24. The molecule has 0 aliphatic carbocycles. The van der Waals surface area contributed by atoms with Crippen molar-refractivity contribution in [3.8, 4) is 11.3 Å². The highest BCUT2D eigenvalue weighted by atomic mass is 35.5. The molecule has 0 spiro atoms. The highest BCUT2D eigenvalue weighted by molar-refractivity contribution is 6.30. The first kappa shape index (κ1) is 16.7. The molecular formula is C19H20ClN3O. The summed E-state index contributed by atoms with van der Waals surface area (Å²) in [6, 6.07) is 15.6. The molecule has 3 rings (SSSR count). The minimum Gasteiger partial charge on any atom is -0.387 e. The van der Waals surface area contributed by atoms with Crippen LogP contribution in [0.15, 0.2) is 54.7 Å². The number of benzene rings is 2. The van der Waals surface area contributed by atoms with Gasteiger partial charge in [-0.2, -0.15) is 5.10 Å². The number of aliphatic hydroxyl groups excluding tert-OH is 1. The normalized spacial score (nSPS) is 12.3. The summed E-state index contributed by atoms with van der Waals surface area (Å²) in [5.74, 6) is 0. The average Bonchev–Trinajstić information content (AvgIpc) is 3.04. The Morgan fingerprint density at radius 2 is 1.83 bits per heavy atom. The van der Waals surface area contributed by atoms with Gasteiger partial charge in [0.1, 0.15) is 0 Å². The van der Waals surface area contributed by atoms with Crippen LogP contribution in [0.5, 0.6) is 0 Å². The number of nitrogens with one attached hydrogen (secondary N) is 2. The summed E-state index contributed by atoms with van der Waals surface area (Å²) in [4.78, 5) is 0. The number of H-pyrrole nitrogens is 1. The van der Waals surface area contributed by atoms with E-state index in [-0.39, 0.29) is 0 Å². The Kier molecular flexibility index (Phi) is 5.30. The van der Waals surface area contributed by atoms with E-state index in [4.69, 9.17) is 11.6 Å². The van der Waals surface area contributed by atoms with Crippen LogP contribution in [0.2, 0.25) is 5.02 Å². The van der Waals surface area contributed by atoms with Gasteiger partial charge in [-0.25, -0.2) is 0 Å². The summed E-state index contributed by atoms with van der Waals surface area (Å²) >= 11 is 5.87. The number of hydrogen-bond donors (Lipinski definition) is 3. The van der Waals surface area contributed by atoms with E-state index in [1.807, 2.05) is 18.3 Å². The molecule has 0 radical (unpaired) electrons. The van der Waals surface area contributed by atoms with E-state index in [1.54, 1.807) is 12.1 Å². The maximum Gasteiger partial charge on any atom is 0.0914 e. The maximum atomic E-state index is 10.2. The van der Waals surface area contributed by atoms with Crippen LogP contribution < -0.4 is 5.32 Å². The molecule has 4 nitrogen and oxygen atoms in total. The lowest BCUT2D eigenvalue weighted by molar-refractivity contribution is 0.174. The first-order chi connectivity index (χ1) is 11.6. The topological polar surface area (TPSA) is 60.9 Å². The van der Waals surface area contributed by atoms with Crippen LogP contribution in [0.1, 0.15) is 22.8 Å². The molecule has 2 aromatic carbocycles. The zero-order valence-corrected chi connectivity index (χ0v) is 14.2. The van der Waals surface area contributed by atoms with Gasteiger partial charge in [-0.1, -0.05) is 53.6 Å². The highest BCUT2D eigenvalue weighted by Gasteiger charge is 2.10. The number of aliphatic hydroxyl groups is 1. The van der Waals surface area contributed by atoms with E-state index in [0.29, 0.717) is 18.1 Å². The molecule has 3 N–H and O–H groups in total. The fourth-order valence-corrected chi connectivity index (χ4v) is 2.69. The number of aryl methyl sites for hydroxylation is 1. The minimum atomic E-state index is -0.572. The molecule has 1 unspecified atom stereocenters. The fraction of sp³-hybridized carbons (Fsp3) is 0.211. The Hall–Kier alpha value is -2.14. The van der Waals surface area contributed by atoms with Crippen LogP contribution in [0.3, 0.4) is 0 Å². The number of aromatic amines is 1. The Morgan fingerprint density at radius 1 is 1.12 bits per heavy atom. The van der Waals surface area contributed by atoms with Crippen LogP contribution in [-0.2, 0) is 6.54 Å². The lowest BCUT2D eigenvalue weighted by Gasteiger charge is -2.12. The summed E-state index contributed by atoms with van der Waals surface area (Å²) in [5, 5.41) is 21.4. The lowest BCUT2D eigenvalue weighted by Crippen LogP contribution is -2.21. The molecule has 0 saturated carbocycles. The third kappa shape index (κ3) is 4.03. The Morgan fingerprint density at radius 3 is 2.54 bits per heavy atom. The zero-order chi connectivity index (χ0) is 16.9. The first-order valence-electron chi connectivity index (χ1n) is 7.87. The van der Waals surface area contributed by atoms with Crippen molar-refractivity contribution < 1.29 is 5.11 Å². The third-order valence-electron chi connectivity index (χ3n) is 3.97. The van der Waals surface area contributed by atoms with Crippen molar-refractivity contribution in [3.63, 3.8) is 0 Å². The van der Waals surface area contributed by atoms with Crippen molar-refractivity contribution in [2.24, 2.45) is 0 Å². The second kappa shape index (κ2) is 7.62. The zero-order valence-electron chi connectivity index (χ0n) is 13.5. The predicted octanol–water partition coefficient (Wildman–Crippen LogP) is 3.86. The van der Waals surface area contributed by atoms with Gasteiger partial charge in [0.15, 0.2) is 0 Å². The Labute approximate surface area is 146 Å². The Balaban J connectivity index is 1.60. The molecular weight excluding hydrogens is 322 g/mol. The molecule has 124 valence electrons. The second-order valence-electron chi connectivity index (χ2n) is 5.83. The van der Waals surface area contributed by atoms with Crippen LogP contribution in [0, 0.1) is 6.92 Å². The van der Waals surface area contributed by atoms with Crippen molar-refractivity contribution in [1.29, 1.82) is 0 Å². The van der Waals surface area contributed by atoms with Gasteiger partial charge in [0.05, 0.1) is 18.0 Å². The van der Waals surface area contributed by atoms with Crippen molar-refractivity contribution in [1.82, 2.24) is 15.5 Å². The molecule has 0 aliphatic heterocycles. The van der Waals surface area contributed by atoms with E-state index >= 15 is 0 Å². The molecule has 0 bridgehead atoms. The molecule has 0 amide bonds. The minimum absolute atomic E-state index is 0.458. The monoisotopic (exact) mass is 341 g/mol. The van der Waals surface area contributed by atoms with Crippen molar-refractivity contribution in [2.45, 2.75) is 19.6 Å². The van der Waals surface area contributed by atoms with Crippen LogP contribution in [0.25, 0.3) is 11.3 Å². The van der Waals surface area contributed by atoms with Crippen LogP contribution in [-0.4, -0.2) is 21.8 Å². The fourth-order valence-electron chi connectivity index (χ4n) is 2.56. The molecule has 0 aliphatic rings. The van der Waals surface area contributed by atoms with Gasteiger partial charge in [0, 0.05) is 23.7 Å². The van der Waals surface area contributed by atoms with E-state index in [2.05, 4.69) is 46.7 Å². The lowest BCUT2D eigenvalue weighted by atomic mass is 10.1. The van der Waals surface area contributed by atoms with Crippen molar-refractivity contribution in [3.05, 3.63) is 76.4 Å². The molecule has 0 fully saturated rings. The van der Waals surface area contributed by atoms with E-state index < -0.39 is 6.10 Å². The number of halogens is 1. The van der Waals surface area contributed by atoms with Crippen LogP contribution in [0.4, 0.5) is 0 Å². The third-order valence-corrected chi connectivity index (χ3v) is 4.22. The summed E-state index contributed by atoms with van der Waals surface area (Å²) < 4.78 is 0. The van der Waals surface area contributed by atoms with Gasteiger partial charge in [0.2, 0.25) is 0 Å². The molecule has 3 aromatic rings. The van der Waals surface area contributed by atoms with Gasteiger partial charge in [-0.3, -0.25) is 5.10 Å². The molecule has 24 heavy (non-hydrogen) atoms.